The van der Waals surface area contributed by atoms with Crippen molar-refractivity contribution >= 4 is 0 Å². The molecule has 18 heavy (non-hydrogen) atoms. The van der Waals surface area contributed by atoms with Crippen LogP contribution in [-0.2, 0) is 0 Å². The first-order valence-corrected chi connectivity index (χ1v) is 7.56. The Kier molecular flexibility index (Phi) is 9.73. The third-order valence-electron chi connectivity index (χ3n) is 3.43. The van der Waals surface area contributed by atoms with E-state index in [1.54, 1.807) is 0 Å². The van der Waals surface area contributed by atoms with Gasteiger partial charge in [0, 0.05) is 0 Å². The number of hydrogen-bond donors (Lipinski definition) is 0. The van der Waals surface area contributed by atoms with Crippen molar-refractivity contribution in [2.24, 2.45) is 11.8 Å². The molecule has 0 heteroatoms. The normalized spacial score (nSPS) is 10.7. The number of hydrogen-bond acceptors (Lipinski definition) is 0. The van der Waals surface area contributed by atoms with Crippen LogP contribution in [0, 0.1) is 11.8 Å². The number of benzene rings is 1. The molecule has 0 saturated heterocycles. The summed E-state index contributed by atoms with van der Waals surface area (Å²) < 4.78 is 0. The Labute approximate surface area is 115 Å². The first-order chi connectivity index (χ1) is 8.51. The van der Waals surface area contributed by atoms with E-state index in [9.17, 15) is 0 Å². The van der Waals surface area contributed by atoms with Gasteiger partial charge in [-0.15, -0.1) is 0 Å². The third kappa shape index (κ3) is 8.33. The molecular weight excluding hydrogens is 216 g/mol. The van der Waals surface area contributed by atoms with Crippen molar-refractivity contribution in [3.8, 4) is 0 Å². The van der Waals surface area contributed by atoms with Gasteiger partial charge in [-0.2, -0.15) is 0 Å². The molecule has 1 aromatic rings. The lowest BCUT2D eigenvalue weighted by Crippen LogP contribution is -2.00. The highest BCUT2D eigenvalue weighted by atomic mass is 14.1. The minimum atomic E-state index is 0.659. The highest BCUT2D eigenvalue weighted by Gasteiger charge is 2.04. The first-order valence-electron chi connectivity index (χ1n) is 7.56. The first kappa shape index (κ1) is 17.2. The molecule has 0 saturated carbocycles. The lowest BCUT2D eigenvalue weighted by Gasteiger charge is -2.13. The molecule has 1 aromatic carbocycles. The molecule has 0 radical (unpaired) electrons. The maximum absolute atomic E-state index is 2.30. The van der Waals surface area contributed by atoms with Gasteiger partial charge in [-0.1, -0.05) is 84.7 Å². The summed E-state index contributed by atoms with van der Waals surface area (Å²) in [6.07, 6.45) is 4.12. The van der Waals surface area contributed by atoms with Gasteiger partial charge >= 0.3 is 0 Å². The maximum atomic E-state index is 2.30. The summed E-state index contributed by atoms with van der Waals surface area (Å²) in [7, 11) is 0. The van der Waals surface area contributed by atoms with E-state index in [4.69, 9.17) is 0 Å². The molecule has 0 heterocycles. The largest absolute Gasteiger partial charge is 0.0651 e. The van der Waals surface area contributed by atoms with Gasteiger partial charge in [0.1, 0.15) is 0 Å². The van der Waals surface area contributed by atoms with E-state index in [1.165, 1.54) is 24.8 Å². The van der Waals surface area contributed by atoms with E-state index >= 15 is 0 Å². The summed E-state index contributed by atoms with van der Waals surface area (Å²) in [6.45, 7) is 13.6. The Morgan fingerprint density at radius 2 is 1.33 bits per heavy atom. The van der Waals surface area contributed by atoms with Gasteiger partial charge in [-0.05, 0) is 29.7 Å². The second-order valence-corrected chi connectivity index (χ2v) is 5.88. The Hall–Kier alpha value is -0.780. The standard InChI is InChI=1S/C9H12.C9H20/c1-8(2)9-6-4-3-5-7-9;1-5-9(6-2)7-8(3)4/h3-8H,1-2H3;8-9H,5-7H2,1-4H3. The van der Waals surface area contributed by atoms with Gasteiger partial charge in [0.15, 0.2) is 0 Å². The lowest BCUT2D eigenvalue weighted by molar-refractivity contribution is 0.388. The van der Waals surface area contributed by atoms with Crippen molar-refractivity contribution in [3.05, 3.63) is 35.9 Å². The van der Waals surface area contributed by atoms with Crippen LogP contribution in [0.15, 0.2) is 30.3 Å². The van der Waals surface area contributed by atoms with Crippen molar-refractivity contribution < 1.29 is 0 Å². The quantitative estimate of drug-likeness (QED) is 0.575. The summed E-state index contributed by atoms with van der Waals surface area (Å²) in [5.74, 6) is 2.52. The van der Waals surface area contributed by atoms with Crippen LogP contribution in [0.5, 0.6) is 0 Å². The lowest BCUT2D eigenvalue weighted by atomic mass is 9.93. The molecule has 0 N–H and O–H groups in total. The highest BCUT2D eigenvalue weighted by molar-refractivity contribution is 5.17. The zero-order valence-electron chi connectivity index (χ0n) is 13.2. The molecule has 0 aliphatic heterocycles. The average molecular weight is 248 g/mol. The van der Waals surface area contributed by atoms with Crippen molar-refractivity contribution in [2.45, 2.75) is 66.7 Å². The summed E-state index contributed by atoms with van der Waals surface area (Å²) in [5.41, 5.74) is 1.41. The molecule has 0 aliphatic rings. The molecule has 0 aromatic heterocycles. The van der Waals surface area contributed by atoms with E-state index < -0.39 is 0 Å². The smallest absolute Gasteiger partial charge is 0.0219 e. The van der Waals surface area contributed by atoms with E-state index in [0.717, 1.165) is 11.8 Å². The van der Waals surface area contributed by atoms with Gasteiger partial charge in [0.05, 0.1) is 0 Å². The summed E-state index contributed by atoms with van der Waals surface area (Å²) in [5, 5.41) is 0. The molecule has 0 atom stereocenters. The minimum absolute atomic E-state index is 0.659. The Morgan fingerprint density at radius 3 is 1.56 bits per heavy atom. The fourth-order valence-electron chi connectivity index (χ4n) is 2.13. The zero-order valence-corrected chi connectivity index (χ0v) is 13.2. The van der Waals surface area contributed by atoms with Gasteiger partial charge < -0.3 is 0 Å². The second kappa shape index (κ2) is 10.2. The van der Waals surface area contributed by atoms with Crippen LogP contribution >= 0.6 is 0 Å². The summed E-state index contributed by atoms with van der Waals surface area (Å²) in [6, 6.07) is 10.5. The van der Waals surface area contributed by atoms with E-state index in [2.05, 4.69) is 65.8 Å². The van der Waals surface area contributed by atoms with Crippen molar-refractivity contribution in [3.63, 3.8) is 0 Å². The van der Waals surface area contributed by atoms with Gasteiger partial charge in [-0.25, -0.2) is 0 Å². The molecule has 0 unspecified atom stereocenters. The SMILES string of the molecule is CC(C)c1ccccc1.CCC(CC)CC(C)C. The van der Waals surface area contributed by atoms with Crippen molar-refractivity contribution in [1.29, 1.82) is 0 Å². The van der Waals surface area contributed by atoms with Crippen LogP contribution in [0.25, 0.3) is 0 Å². The molecule has 1 rings (SSSR count). The Morgan fingerprint density at radius 1 is 0.833 bits per heavy atom. The van der Waals surface area contributed by atoms with Gasteiger partial charge in [0.2, 0.25) is 0 Å². The molecule has 0 amide bonds. The topological polar surface area (TPSA) is 0 Å². The van der Waals surface area contributed by atoms with Crippen LogP contribution < -0.4 is 0 Å². The Balaban J connectivity index is 0.000000321. The molecular formula is C18H32. The van der Waals surface area contributed by atoms with Gasteiger partial charge in [-0.3, -0.25) is 0 Å². The monoisotopic (exact) mass is 248 g/mol. The fourth-order valence-corrected chi connectivity index (χ4v) is 2.13. The minimum Gasteiger partial charge on any atom is -0.0651 e. The van der Waals surface area contributed by atoms with Crippen molar-refractivity contribution in [2.75, 3.05) is 0 Å². The summed E-state index contributed by atoms with van der Waals surface area (Å²) in [4.78, 5) is 0. The molecule has 0 nitrogen and oxygen atoms in total. The van der Waals surface area contributed by atoms with Crippen LogP contribution in [0.2, 0.25) is 0 Å². The van der Waals surface area contributed by atoms with Crippen molar-refractivity contribution in [1.82, 2.24) is 0 Å². The maximum Gasteiger partial charge on any atom is -0.0219 e. The highest BCUT2D eigenvalue weighted by Crippen LogP contribution is 2.17. The fraction of sp³-hybridized carbons (Fsp3) is 0.667. The van der Waals surface area contributed by atoms with Crippen LogP contribution in [-0.4, -0.2) is 0 Å². The molecule has 104 valence electrons. The van der Waals surface area contributed by atoms with Crippen LogP contribution in [0.3, 0.4) is 0 Å². The van der Waals surface area contributed by atoms with E-state index in [0.29, 0.717) is 5.92 Å². The van der Waals surface area contributed by atoms with E-state index in [1.807, 2.05) is 6.07 Å². The number of rotatable bonds is 5. The molecule has 0 spiro atoms. The molecule has 0 aliphatic carbocycles. The van der Waals surface area contributed by atoms with Crippen LogP contribution in [0.1, 0.15) is 72.3 Å². The molecule has 0 bridgehead atoms. The predicted octanol–water partition coefficient (Wildman–Crippen LogP) is 6.28. The molecule has 0 fully saturated rings. The van der Waals surface area contributed by atoms with Gasteiger partial charge in [0.25, 0.3) is 0 Å². The third-order valence-corrected chi connectivity index (χ3v) is 3.43. The Bertz CT molecular complexity index is 267. The summed E-state index contributed by atoms with van der Waals surface area (Å²) >= 11 is 0. The second-order valence-electron chi connectivity index (χ2n) is 5.88. The van der Waals surface area contributed by atoms with Crippen LogP contribution in [0.4, 0.5) is 0 Å². The average Bonchev–Trinajstić information content (AvgIpc) is 2.37. The predicted molar refractivity (Wildman–Crippen MR) is 84.1 cm³/mol. The zero-order chi connectivity index (χ0) is 14.0. The van der Waals surface area contributed by atoms with E-state index in [-0.39, 0.29) is 0 Å².